The normalized spacial score (nSPS) is 11.3. The highest BCUT2D eigenvalue weighted by molar-refractivity contribution is 7.09. The van der Waals surface area contributed by atoms with Crippen LogP contribution in [0, 0.1) is 0 Å². The minimum Gasteiger partial charge on any atom is -0.350 e. The summed E-state index contributed by atoms with van der Waals surface area (Å²) in [5.41, 5.74) is 0. The summed E-state index contributed by atoms with van der Waals surface area (Å²) in [6, 6.07) is 3.99. The first kappa shape index (κ1) is 16.6. The lowest BCUT2D eigenvalue weighted by Crippen LogP contribution is -2.36. The molecule has 0 saturated heterocycles. The molecule has 2 aromatic rings. The summed E-state index contributed by atoms with van der Waals surface area (Å²) >= 11 is 1.64. The molecule has 22 heavy (non-hydrogen) atoms. The second-order valence-electron chi connectivity index (χ2n) is 5.36. The molecule has 0 aliphatic heterocycles. The van der Waals surface area contributed by atoms with E-state index in [0.29, 0.717) is 31.3 Å². The molecule has 0 aromatic carbocycles. The number of hydrogen-bond donors (Lipinski definition) is 1. The predicted molar refractivity (Wildman–Crippen MR) is 85.5 cm³/mol. The highest BCUT2D eigenvalue weighted by Gasteiger charge is 2.15. The van der Waals surface area contributed by atoms with Gasteiger partial charge in [0, 0.05) is 10.8 Å². The van der Waals surface area contributed by atoms with E-state index in [1.54, 1.807) is 11.3 Å². The van der Waals surface area contributed by atoms with Gasteiger partial charge >= 0.3 is 0 Å². The van der Waals surface area contributed by atoms with Crippen LogP contribution in [0.1, 0.15) is 43.3 Å². The first-order valence-electron chi connectivity index (χ1n) is 7.42. The Hall–Kier alpha value is -1.73. The maximum atomic E-state index is 12.0. The van der Waals surface area contributed by atoms with Gasteiger partial charge in [-0.2, -0.15) is 4.98 Å². The Kier molecular flexibility index (Phi) is 6.09. The quantitative estimate of drug-likeness (QED) is 0.808. The molecule has 120 valence electrons. The second kappa shape index (κ2) is 8.05. The minimum atomic E-state index is -0.00107. The number of nitrogens with zero attached hydrogens (tertiary/aromatic N) is 3. The molecule has 1 N–H and O–H groups in total. The van der Waals surface area contributed by atoms with Crippen molar-refractivity contribution in [2.24, 2.45) is 0 Å². The van der Waals surface area contributed by atoms with Gasteiger partial charge in [0.2, 0.25) is 11.8 Å². The van der Waals surface area contributed by atoms with Crippen LogP contribution in [0.25, 0.3) is 0 Å². The summed E-state index contributed by atoms with van der Waals surface area (Å²) in [7, 11) is 0. The third-order valence-electron chi connectivity index (χ3n) is 3.21. The van der Waals surface area contributed by atoms with Crippen molar-refractivity contribution in [1.29, 1.82) is 0 Å². The maximum absolute atomic E-state index is 12.0. The van der Waals surface area contributed by atoms with E-state index in [9.17, 15) is 4.79 Å². The number of amides is 1. The Morgan fingerprint density at radius 2 is 2.32 bits per heavy atom. The van der Waals surface area contributed by atoms with Crippen LogP contribution in [0.4, 0.5) is 0 Å². The highest BCUT2D eigenvalue weighted by Crippen LogP contribution is 2.11. The molecular weight excluding hydrogens is 300 g/mol. The number of aromatic nitrogens is 2. The number of nitrogens with one attached hydrogen (secondary N) is 1. The van der Waals surface area contributed by atoms with Crippen LogP contribution in [-0.2, 0) is 17.9 Å². The average molecular weight is 322 g/mol. The van der Waals surface area contributed by atoms with E-state index in [2.05, 4.69) is 15.5 Å². The zero-order valence-electron chi connectivity index (χ0n) is 13.2. The fraction of sp³-hybridized carbons (Fsp3) is 0.533. The molecule has 0 unspecified atom stereocenters. The van der Waals surface area contributed by atoms with Crippen molar-refractivity contribution < 1.29 is 9.32 Å². The van der Waals surface area contributed by atoms with E-state index in [4.69, 9.17) is 4.52 Å². The fourth-order valence-electron chi connectivity index (χ4n) is 1.90. The molecule has 1 amide bonds. The van der Waals surface area contributed by atoms with Gasteiger partial charge in [0.05, 0.1) is 19.6 Å². The van der Waals surface area contributed by atoms with E-state index in [1.165, 1.54) is 0 Å². The van der Waals surface area contributed by atoms with Crippen LogP contribution in [0.2, 0.25) is 0 Å². The number of hydrogen-bond acceptors (Lipinski definition) is 6. The Labute approximate surface area is 134 Å². The SMILES string of the molecule is CCN(CC(=O)NCc1cccs1)Cc1nc(C(C)C)no1. The Balaban J connectivity index is 1.81. The summed E-state index contributed by atoms with van der Waals surface area (Å²) in [5.74, 6) is 1.49. The molecule has 0 aliphatic carbocycles. The first-order valence-corrected chi connectivity index (χ1v) is 8.30. The van der Waals surface area contributed by atoms with Gasteiger partial charge in [0.1, 0.15) is 0 Å². The first-order chi connectivity index (χ1) is 10.6. The van der Waals surface area contributed by atoms with Crippen LogP contribution in [-0.4, -0.2) is 34.0 Å². The summed E-state index contributed by atoms with van der Waals surface area (Å²) in [5, 5.41) is 8.86. The van der Waals surface area contributed by atoms with E-state index in [-0.39, 0.29) is 11.8 Å². The third-order valence-corrected chi connectivity index (χ3v) is 4.09. The van der Waals surface area contributed by atoms with Crippen molar-refractivity contribution in [1.82, 2.24) is 20.4 Å². The van der Waals surface area contributed by atoms with Crippen LogP contribution in [0.15, 0.2) is 22.0 Å². The second-order valence-corrected chi connectivity index (χ2v) is 6.39. The molecule has 0 bridgehead atoms. The lowest BCUT2D eigenvalue weighted by Gasteiger charge is -2.17. The molecule has 0 saturated carbocycles. The topological polar surface area (TPSA) is 71.3 Å². The van der Waals surface area contributed by atoms with Gasteiger partial charge in [-0.15, -0.1) is 11.3 Å². The molecular formula is C15H22N4O2S. The summed E-state index contributed by atoms with van der Waals surface area (Å²) in [4.78, 5) is 19.5. The molecule has 0 fully saturated rings. The van der Waals surface area contributed by atoms with Gasteiger partial charge in [-0.1, -0.05) is 32.0 Å². The molecule has 0 aliphatic rings. The summed E-state index contributed by atoms with van der Waals surface area (Å²) < 4.78 is 5.23. The predicted octanol–water partition coefficient (Wildman–Crippen LogP) is 2.39. The van der Waals surface area contributed by atoms with Crippen molar-refractivity contribution in [3.8, 4) is 0 Å². The fourth-order valence-corrected chi connectivity index (χ4v) is 2.54. The van der Waals surface area contributed by atoms with Crippen molar-refractivity contribution in [3.63, 3.8) is 0 Å². The van der Waals surface area contributed by atoms with E-state index >= 15 is 0 Å². The lowest BCUT2D eigenvalue weighted by molar-refractivity contribution is -0.122. The van der Waals surface area contributed by atoms with Crippen LogP contribution < -0.4 is 5.32 Å². The van der Waals surface area contributed by atoms with Crippen LogP contribution >= 0.6 is 11.3 Å². The molecule has 2 rings (SSSR count). The van der Waals surface area contributed by atoms with Gasteiger partial charge < -0.3 is 9.84 Å². The Morgan fingerprint density at radius 1 is 1.50 bits per heavy atom. The van der Waals surface area contributed by atoms with Crippen molar-refractivity contribution in [2.45, 2.75) is 39.8 Å². The van der Waals surface area contributed by atoms with Crippen molar-refractivity contribution in [3.05, 3.63) is 34.1 Å². The van der Waals surface area contributed by atoms with E-state index < -0.39 is 0 Å². The number of carbonyl (C=O) groups excluding carboxylic acids is 1. The van der Waals surface area contributed by atoms with Crippen LogP contribution in [0.3, 0.4) is 0 Å². The van der Waals surface area contributed by atoms with Gasteiger partial charge in [-0.25, -0.2) is 0 Å². The zero-order chi connectivity index (χ0) is 15.9. The monoisotopic (exact) mass is 322 g/mol. The summed E-state index contributed by atoms with van der Waals surface area (Å²) in [6.07, 6.45) is 0. The lowest BCUT2D eigenvalue weighted by atomic mass is 10.2. The molecule has 2 heterocycles. The number of carbonyl (C=O) groups is 1. The molecule has 0 radical (unpaired) electrons. The smallest absolute Gasteiger partial charge is 0.240 e. The highest BCUT2D eigenvalue weighted by atomic mass is 32.1. The summed E-state index contributed by atoms with van der Waals surface area (Å²) in [6.45, 7) is 8.17. The van der Waals surface area contributed by atoms with Crippen molar-refractivity contribution >= 4 is 17.2 Å². The number of thiophene rings is 1. The van der Waals surface area contributed by atoms with Gasteiger partial charge in [-0.3, -0.25) is 9.69 Å². The largest absolute Gasteiger partial charge is 0.350 e. The Morgan fingerprint density at radius 3 is 2.91 bits per heavy atom. The third kappa shape index (κ3) is 4.92. The van der Waals surface area contributed by atoms with Gasteiger partial charge in [0.15, 0.2) is 5.82 Å². The molecule has 0 spiro atoms. The molecule has 6 nitrogen and oxygen atoms in total. The number of rotatable bonds is 8. The molecule has 2 aromatic heterocycles. The van der Waals surface area contributed by atoms with Gasteiger partial charge in [0.25, 0.3) is 0 Å². The minimum absolute atomic E-state index is 0.00107. The molecule has 7 heteroatoms. The van der Waals surface area contributed by atoms with Crippen molar-refractivity contribution in [2.75, 3.05) is 13.1 Å². The van der Waals surface area contributed by atoms with Gasteiger partial charge in [-0.05, 0) is 18.0 Å². The molecule has 0 atom stereocenters. The van der Waals surface area contributed by atoms with E-state index in [1.807, 2.05) is 43.2 Å². The number of likely N-dealkylation sites (N-methyl/N-ethyl adjacent to an activating group) is 1. The average Bonchev–Trinajstić information content (AvgIpc) is 3.15. The van der Waals surface area contributed by atoms with E-state index in [0.717, 1.165) is 11.4 Å². The Bertz CT molecular complexity index is 580. The van der Waals surface area contributed by atoms with Crippen LogP contribution in [0.5, 0.6) is 0 Å². The zero-order valence-corrected chi connectivity index (χ0v) is 14.0. The maximum Gasteiger partial charge on any atom is 0.240 e. The standard InChI is InChI=1S/C15H22N4O2S/c1-4-19(10-14-17-15(11(2)3)18-21-14)9-13(20)16-8-12-6-5-7-22-12/h5-7,11H,4,8-10H2,1-3H3,(H,16,20).